The molecule has 0 atom stereocenters. The van der Waals surface area contributed by atoms with Gasteiger partial charge < -0.3 is 4.42 Å². The van der Waals surface area contributed by atoms with E-state index in [-0.39, 0.29) is 16.7 Å². The Hall–Kier alpha value is -3.27. The van der Waals surface area contributed by atoms with Crippen molar-refractivity contribution in [3.8, 4) is 17.4 Å². The molecule has 1 fully saturated rings. The number of benzene rings is 2. The highest BCUT2D eigenvalue weighted by Crippen LogP contribution is 2.35. The summed E-state index contributed by atoms with van der Waals surface area (Å²) in [5.74, 6) is 0.551. The highest BCUT2D eigenvalue weighted by Gasteiger charge is 2.35. The Bertz CT molecular complexity index is 1190. The normalized spacial score (nSPS) is 15.2. The van der Waals surface area contributed by atoms with Crippen molar-refractivity contribution in [2.75, 3.05) is 0 Å². The van der Waals surface area contributed by atoms with Crippen molar-refractivity contribution in [2.45, 2.75) is 6.54 Å². The van der Waals surface area contributed by atoms with Gasteiger partial charge in [-0.15, -0.1) is 0 Å². The zero-order chi connectivity index (χ0) is 20.4. The number of hydrogen-bond acceptors (Lipinski definition) is 5. The molecule has 0 N–H and O–H groups in total. The molecule has 1 aromatic heterocycles. The van der Waals surface area contributed by atoms with Gasteiger partial charge in [0.1, 0.15) is 11.5 Å². The summed E-state index contributed by atoms with van der Waals surface area (Å²) in [6.45, 7) is 0.112. The topological polar surface area (TPSA) is 74.3 Å². The number of imide groups is 1. The zero-order valence-electron chi connectivity index (χ0n) is 15.0. The van der Waals surface area contributed by atoms with Gasteiger partial charge in [-0.3, -0.25) is 14.5 Å². The van der Waals surface area contributed by atoms with E-state index in [4.69, 9.17) is 16.0 Å². The van der Waals surface area contributed by atoms with Crippen LogP contribution in [0.3, 0.4) is 0 Å². The molecule has 0 spiro atoms. The largest absolute Gasteiger partial charge is 0.457 e. The van der Waals surface area contributed by atoms with E-state index >= 15 is 0 Å². The molecule has 5 nitrogen and oxygen atoms in total. The van der Waals surface area contributed by atoms with Crippen LogP contribution in [-0.2, 0) is 11.3 Å². The summed E-state index contributed by atoms with van der Waals surface area (Å²) in [7, 11) is 0. The first-order chi connectivity index (χ1) is 14.1. The predicted octanol–water partition coefficient (Wildman–Crippen LogP) is 5.71. The number of thioether (sulfide) groups is 1. The lowest BCUT2D eigenvalue weighted by Gasteiger charge is -2.13. The molecule has 0 radical (unpaired) electrons. The summed E-state index contributed by atoms with van der Waals surface area (Å²) in [6.07, 6.45) is 1.54. The van der Waals surface area contributed by atoms with Gasteiger partial charge in [0, 0.05) is 16.7 Å². The maximum atomic E-state index is 12.7. The zero-order valence-corrected chi connectivity index (χ0v) is 16.5. The van der Waals surface area contributed by atoms with Crippen molar-refractivity contribution in [3.63, 3.8) is 0 Å². The number of nitrogens with zero attached hydrogens (tertiary/aromatic N) is 2. The van der Waals surface area contributed by atoms with E-state index in [0.717, 1.165) is 16.7 Å². The summed E-state index contributed by atoms with van der Waals surface area (Å²) in [5.41, 5.74) is 1.86. The van der Waals surface area contributed by atoms with Gasteiger partial charge in [0.05, 0.1) is 23.1 Å². The standard InChI is InChI=1S/C22H13ClN2O3S/c23-18-8-4-2-6-15(18)13-25-21(26)20(29-22(25)27)11-16-9-10-19(28-16)17-7-3-1-5-14(17)12-24/h1-11H,13H2/b20-11+. The lowest BCUT2D eigenvalue weighted by molar-refractivity contribution is -0.123. The van der Waals surface area contributed by atoms with Crippen LogP contribution in [0.25, 0.3) is 17.4 Å². The molecule has 2 amide bonds. The lowest BCUT2D eigenvalue weighted by atomic mass is 10.1. The van der Waals surface area contributed by atoms with Crippen LogP contribution >= 0.6 is 23.4 Å². The van der Waals surface area contributed by atoms with Gasteiger partial charge in [0.15, 0.2) is 0 Å². The van der Waals surface area contributed by atoms with Crippen LogP contribution in [0, 0.1) is 11.3 Å². The second-order valence-corrected chi connectivity index (χ2v) is 7.62. The van der Waals surface area contributed by atoms with Crippen molar-refractivity contribution in [1.82, 2.24) is 4.90 Å². The number of hydrogen-bond donors (Lipinski definition) is 0. The minimum Gasteiger partial charge on any atom is -0.457 e. The first-order valence-electron chi connectivity index (χ1n) is 8.65. The number of carbonyl (C=O) groups is 2. The van der Waals surface area contributed by atoms with E-state index in [1.54, 1.807) is 54.6 Å². The van der Waals surface area contributed by atoms with Crippen LogP contribution in [0.4, 0.5) is 4.79 Å². The first kappa shape index (κ1) is 19.1. The molecular weight excluding hydrogens is 408 g/mol. The van der Waals surface area contributed by atoms with Crippen LogP contribution in [-0.4, -0.2) is 16.0 Å². The smallest absolute Gasteiger partial charge is 0.293 e. The Balaban J connectivity index is 1.58. The van der Waals surface area contributed by atoms with Gasteiger partial charge in [-0.25, -0.2) is 0 Å². The van der Waals surface area contributed by atoms with E-state index < -0.39 is 5.91 Å². The molecular formula is C22H13ClN2O3S. The lowest BCUT2D eigenvalue weighted by Crippen LogP contribution is -2.27. The summed E-state index contributed by atoms with van der Waals surface area (Å²) in [6, 6.07) is 19.7. The van der Waals surface area contributed by atoms with E-state index in [2.05, 4.69) is 6.07 Å². The number of amides is 2. The molecule has 2 heterocycles. The summed E-state index contributed by atoms with van der Waals surface area (Å²) < 4.78 is 5.79. The molecule has 7 heteroatoms. The van der Waals surface area contributed by atoms with Gasteiger partial charge in [-0.05, 0) is 47.7 Å². The van der Waals surface area contributed by atoms with Gasteiger partial charge in [0.25, 0.3) is 11.1 Å². The molecule has 3 aromatic rings. The predicted molar refractivity (Wildman–Crippen MR) is 112 cm³/mol. The number of rotatable bonds is 4. The fourth-order valence-corrected chi connectivity index (χ4v) is 3.95. The third-order valence-electron chi connectivity index (χ3n) is 4.37. The van der Waals surface area contributed by atoms with Gasteiger partial charge in [-0.1, -0.05) is 41.9 Å². The number of halogens is 1. The highest BCUT2D eigenvalue weighted by molar-refractivity contribution is 8.18. The SMILES string of the molecule is N#Cc1ccccc1-c1ccc(/C=C2/SC(=O)N(Cc3ccccc3Cl)C2=O)o1. The van der Waals surface area contributed by atoms with Crippen molar-refractivity contribution in [3.05, 3.63) is 87.5 Å². The number of carbonyl (C=O) groups excluding carboxylic acids is 2. The van der Waals surface area contributed by atoms with Gasteiger partial charge in [0.2, 0.25) is 0 Å². The first-order valence-corrected chi connectivity index (χ1v) is 9.84. The Morgan fingerprint density at radius 2 is 1.83 bits per heavy atom. The minimum atomic E-state index is -0.393. The van der Waals surface area contributed by atoms with Crippen LogP contribution in [0.2, 0.25) is 5.02 Å². The average Bonchev–Trinajstić information content (AvgIpc) is 3.30. The third kappa shape index (κ3) is 3.83. The molecule has 0 aliphatic carbocycles. The number of nitriles is 1. The summed E-state index contributed by atoms with van der Waals surface area (Å²) >= 11 is 7.00. The Kier molecular flexibility index (Phi) is 5.26. The third-order valence-corrected chi connectivity index (χ3v) is 5.65. The van der Waals surface area contributed by atoms with E-state index in [0.29, 0.717) is 33.2 Å². The van der Waals surface area contributed by atoms with E-state index in [1.165, 1.54) is 6.08 Å². The van der Waals surface area contributed by atoms with Gasteiger partial charge >= 0.3 is 0 Å². The van der Waals surface area contributed by atoms with E-state index in [9.17, 15) is 14.9 Å². The van der Waals surface area contributed by atoms with Crippen molar-refractivity contribution < 1.29 is 14.0 Å². The highest BCUT2D eigenvalue weighted by atomic mass is 35.5. The Morgan fingerprint density at radius 1 is 1.07 bits per heavy atom. The quantitative estimate of drug-likeness (QED) is 0.505. The van der Waals surface area contributed by atoms with Crippen LogP contribution < -0.4 is 0 Å². The van der Waals surface area contributed by atoms with Crippen LogP contribution in [0.15, 0.2) is 70.0 Å². The second kappa shape index (κ2) is 8.00. The second-order valence-electron chi connectivity index (χ2n) is 6.22. The molecule has 0 saturated carbocycles. The molecule has 2 aromatic carbocycles. The molecule has 1 saturated heterocycles. The van der Waals surface area contributed by atoms with Crippen molar-refractivity contribution in [1.29, 1.82) is 5.26 Å². The molecule has 0 bridgehead atoms. The van der Waals surface area contributed by atoms with Crippen molar-refractivity contribution in [2.24, 2.45) is 0 Å². The Labute approximate surface area is 176 Å². The summed E-state index contributed by atoms with van der Waals surface area (Å²) in [5, 5.41) is 9.39. The van der Waals surface area contributed by atoms with E-state index in [1.807, 2.05) is 6.07 Å². The number of furan rings is 1. The summed E-state index contributed by atoms with van der Waals surface area (Å²) in [4.78, 5) is 26.5. The molecule has 0 unspecified atom stereocenters. The molecule has 142 valence electrons. The molecule has 29 heavy (non-hydrogen) atoms. The van der Waals surface area contributed by atoms with Crippen LogP contribution in [0.5, 0.6) is 0 Å². The molecule has 1 aliphatic rings. The average molecular weight is 421 g/mol. The molecule has 1 aliphatic heterocycles. The fraction of sp³-hybridized carbons (Fsp3) is 0.0455. The van der Waals surface area contributed by atoms with Gasteiger partial charge in [-0.2, -0.15) is 5.26 Å². The monoisotopic (exact) mass is 420 g/mol. The maximum Gasteiger partial charge on any atom is 0.293 e. The minimum absolute atomic E-state index is 0.112. The maximum absolute atomic E-state index is 12.7. The van der Waals surface area contributed by atoms with Crippen molar-refractivity contribution >= 4 is 40.6 Å². The molecule has 4 rings (SSSR count). The fourth-order valence-electron chi connectivity index (χ4n) is 2.93. The van der Waals surface area contributed by atoms with Crippen LogP contribution in [0.1, 0.15) is 16.9 Å². The Morgan fingerprint density at radius 3 is 2.62 bits per heavy atom.